The summed E-state index contributed by atoms with van der Waals surface area (Å²) in [7, 11) is 0. The van der Waals surface area contributed by atoms with Crippen molar-refractivity contribution in [2.75, 3.05) is 18.4 Å². The van der Waals surface area contributed by atoms with E-state index < -0.39 is 23.2 Å². The maximum atomic E-state index is 13.0. The van der Waals surface area contributed by atoms with Crippen molar-refractivity contribution in [1.29, 1.82) is 0 Å². The minimum absolute atomic E-state index is 0.119. The van der Waals surface area contributed by atoms with E-state index in [9.17, 15) is 27.6 Å². The van der Waals surface area contributed by atoms with Gasteiger partial charge in [0.1, 0.15) is 0 Å². The van der Waals surface area contributed by atoms with Gasteiger partial charge in [0.15, 0.2) is 0 Å². The molecule has 0 aliphatic heterocycles. The highest BCUT2D eigenvalue weighted by atomic mass is 19.4. The Hall–Kier alpha value is -3.36. The van der Waals surface area contributed by atoms with Gasteiger partial charge in [-0.3, -0.25) is 14.4 Å². The highest BCUT2D eigenvalue weighted by molar-refractivity contribution is 6.05. The van der Waals surface area contributed by atoms with E-state index in [0.29, 0.717) is 18.5 Å². The third kappa shape index (κ3) is 6.34. The van der Waals surface area contributed by atoms with Crippen LogP contribution in [0, 0.1) is 0 Å². The smallest absolute Gasteiger partial charge is 0.354 e. The van der Waals surface area contributed by atoms with Crippen LogP contribution in [-0.4, -0.2) is 30.8 Å². The Morgan fingerprint density at radius 3 is 2.10 bits per heavy atom. The maximum absolute atomic E-state index is 13.0. The number of carbonyl (C=O) groups is 3. The summed E-state index contributed by atoms with van der Waals surface area (Å²) in [6.07, 6.45) is -4.29. The molecule has 0 bridgehead atoms. The van der Waals surface area contributed by atoms with Gasteiger partial charge in [0.2, 0.25) is 5.91 Å². The molecule has 0 atom stereocenters. The Kier molecular flexibility index (Phi) is 7.35. The first-order valence-corrected chi connectivity index (χ1v) is 8.85. The molecule has 0 saturated heterocycles. The molecule has 9 heteroatoms. The van der Waals surface area contributed by atoms with Crippen LogP contribution in [0.3, 0.4) is 0 Å². The van der Waals surface area contributed by atoms with Crippen LogP contribution in [0.1, 0.15) is 39.6 Å². The molecule has 29 heavy (non-hydrogen) atoms. The molecule has 3 amide bonds. The summed E-state index contributed by atoms with van der Waals surface area (Å²) in [6, 6.07) is 10.2. The quantitative estimate of drug-likeness (QED) is 0.616. The van der Waals surface area contributed by atoms with Crippen LogP contribution in [0.2, 0.25) is 0 Å². The first-order chi connectivity index (χ1) is 13.7. The molecule has 3 N–H and O–H groups in total. The molecule has 0 saturated carbocycles. The number of anilines is 1. The summed E-state index contributed by atoms with van der Waals surface area (Å²) in [5.74, 6) is -1.40. The first-order valence-electron chi connectivity index (χ1n) is 8.85. The van der Waals surface area contributed by atoms with Gasteiger partial charge in [0, 0.05) is 30.8 Å². The predicted octanol–water partition coefficient (Wildman–Crippen LogP) is 3.21. The minimum atomic E-state index is -4.65. The summed E-state index contributed by atoms with van der Waals surface area (Å²) in [5.41, 5.74) is -0.959. The molecule has 0 fully saturated rings. The number of carbonyl (C=O) groups excluding carboxylic acids is 3. The van der Waals surface area contributed by atoms with Crippen LogP contribution < -0.4 is 16.0 Å². The number of hydrogen-bond donors (Lipinski definition) is 3. The topological polar surface area (TPSA) is 87.3 Å². The van der Waals surface area contributed by atoms with Gasteiger partial charge in [-0.15, -0.1) is 0 Å². The molecule has 0 aliphatic rings. The Labute approximate surface area is 165 Å². The standard InChI is InChI=1S/C20H20F3N3O3/c1-2-17(27)24-11-12-25-18(28)13-7-9-14(10-8-13)26-19(29)15-5-3-4-6-16(15)20(21,22)23/h3-10H,2,11-12H2,1H3,(H,24,27)(H,25,28)(H,26,29). The normalized spacial score (nSPS) is 10.9. The molecule has 0 radical (unpaired) electrons. The van der Waals surface area contributed by atoms with Gasteiger partial charge in [-0.05, 0) is 36.4 Å². The monoisotopic (exact) mass is 407 g/mol. The lowest BCUT2D eigenvalue weighted by molar-refractivity contribution is -0.137. The Morgan fingerprint density at radius 1 is 0.862 bits per heavy atom. The fraction of sp³-hybridized carbons (Fsp3) is 0.250. The highest BCUT2D eigenvalue weighted by Crippen LogP contribution is 2.32. The van der Waals surface area contributed by atoms with Crippen LogP contribution in [0.25, 0.3) is 0 Å². The number of halogens is 3. The molecule has 0 aliphatic carbocycles. The Morgan fingerprint density at radius 2 is 1.48 bits per heavy atom. The molecule has 154 valence electrons. The molecule has 0 unspecified atom stereocenters. The van der Waals surface area contributed by atoms with Crippen LogP contribution in [-0.2, 0) is 11.0 Å². The fourth-order valence-corrected chi connectivity index (χ4v) is 2.44. The summed E-state index contributed by atoms with van der Waals surface area (Å²) in [6.45, 7) is 2.26. The zero-order valence-electron chi connectivity index (χ0n) is 15.6. The number of nitrogens with one attached hydrogen (secondary N) is 3. The van der Waals surface area contributed by atoms with E-state index in [-0.39, 0.29) is 24.0 Å². The van der Waals surface area contributed by atoms with E-state index in [1.807, 2.05) is 0 Å². The van der Waals surface area contributed by atoms with Gasteiger partial charge in [-0.2, -0.15) is 13.2 Å². The summed E-state index contributed by atoms with van der Waals surface area (Å²) in [5, 5.41) is 7.63. The van der Waals surface area contributed by atoms with Crippen molar-refractivity contribution in [1.82, 2.24) is 10.6 Å². The van der Waals surface area contributed by atoms with E-state index in [2.05, 4.69) is 16.0 Å². The molecular weight excluding hydrogens is 387 g/mol. The third-order valence-corrected chi connectivity index (χ3v) is 3.94. The van der Waals surface area contributed by atoms with Crippen molar-refractivity contribution in [3.05, 3.63) is 65.2 Å². The average molecular weight is 407 g/mol. The van der Waals surface area contributed by atoms with Crippen molar-refractivity contribution in [3.63, 3.8) is 0 Å². The van der Waals surface area contributed by atoms with Gasteiger partial charge < -0.3 is 16.0 Å². The van der Waals surface area contributed by atoms with Crippen molar-refractivity contribution in [2.24, 2.45) is 0 Å². The van der Waals surface area contributed by atoms with Crippen LogP contribution >= 0.6 is 0 Å². The largest absolute Gasteiger partial charge is 0.417 e. The molecule has 6 nitrogen and oxygen atoms in total. The molecule has 2 rings (SSSR count). The molecule has 0 aromatic heterocycles. The number of rotatable bonds is 7. The van der Waals surface area contributed by atoms with E-state index in [4.69, 9.17) is 0 Å². The average Bonchev–Trinajstić information content (AvgIpc) is 2.70. The van der Waals surface area contributed by atoms with E-state index in [1.54, 1.807) is 6.92 Å². The van der Waals surface area contributed by atoms with E-state index in [0.717, 1.165) is 12.1 Å². The second kappa shape index (κ2) is 9.72. The highest BCUT2D eigenvalue weighted by Gasteiger charge is 2.34. The number of amides is 3. The van der Waals surface area contributed by atoms with Gasteiger partial charge >= 0.3 is 6.18 Å². The first kappa shape index (κ1) is 21.9. The van der Waals surface area contributed by atoms with Crippen molar-refractivity contribution >= 4 is 23.4 Å². The summed E-state index contributed by atoms with van der Waals surface area (Å²) < 4.78 is 39.1. The summed E-state index contributed by atoms with van der Waals surface area (Å²) >= 11 is 0. The van der Waals surface area contributed by atoms with Gasteiger partial charge in [-0.25, -0.2) is 0 Å². The fourth-order valence-electron chi connectivity index (χ4n) is 2.44. The molecule has 2 aromatic carbocycles. The molecule has 0 spiro atoms. The molecular formula is C20H20F3N3O3. The van der Waals surface area contributed by atoms with Crippen LogP contribution in [0.5, 0.6) is 0 Å². The third-order valence-electron chi connectivity index (χ3n) is 3.94. The lowest BCUT2D eigenvalue weighted by Crippen LogP contribution is -2.34. The predicted molar refractivity (Wildman–Crippen MR) is 101 cm³/mol. The Balaban J connectivity index is 1.96. The maximum Gasteiger partial charge on any atom is 0.417 e. The Bertz CT molecular complexity index is 881. The van der Waals surface area contributed by atoms with Crippen molar-refractivity contribution in [2.45, 2.75) is 19.5 Å². The SMILES string of the molecule is CCC(=O)NCCNC(=O)c1ccc(NC(=O)c2ccccc2C(F)(F)F)cc1. The number of benzene rings is 2. The lowest BCUT2D eigenvalue weighted by Gasteiger charge is -2.13. The zero-order valence-corrected chi connectivity index (χ0v) is 15.6. The van der Waals surface area contributed by atoms with Gasteiger partial charge in [-0.1, -0.05) is 19.1 Å². The van der Waals surface area contributed by atoms with E-state index in [1.165, 1.54) is 36.4 Å². The van der Waals surface area contributed by atoms with E-state index >= 15 is 0 Å². The zero-order chi connectivity index (χ0) is 21.4. The van der Waals surface area contributed by atoms with Gasteiger partial charge in [0.05, 0.1) is 11.1 Å². The number of alkyl halides is 3. The van der Waals surface area contributed by atoms with Crippen LogP contribution in [0.4, 0.5) is 18.9 Å². The second-order valence-corrected chi connectivity index (χ2v) is 6.03. The van der Waals surface area contributed by atoms with Crippen molar-refractivity contribution < 1.29 is 27.6 Å². The summed E-state index contributed by atoms with van der Waals surface area (Å²) in [4.78, 5) is 35.4. The van der Waals surface area contributed by atoms with Crippen LogP contribution in [0.15, 0.2) is 48.5 Å². The minimum Gasteiger partial charge on any atom is -0.354 e. The molecule has 0 heterocycles. The number of hydrogen-bond acceptors (Lipinski definition) is 3. The molecule has 2 aromatic rings. The second-order valence-electron chi connectivity index (χ2n) is 6.03. The van der Waals surface area contributed by atoms with Crippen molar-refractivity contribution in [3.8, 4) is 0 Å². The lowest BCUT2D eigenvalue weighted by atomic mass is 10.1. The van der Waals surface area contributed by atoms with Gasteiger partial charge in [0.25, 0.3) is 11.8 Å².